The number of nitrogens with one attached hydrogen (secondary N) is 2. The molecule has 0 radical (unpaired) electrons. The number of rotatable bonds is 2. The van der Waals surface area contributed by atoms with E-state index in [9.17, 15) is 9.59 Å². The van der Waals surface area contributed by atoms with Gasteiger partial charge in [0.05, 0.1) is 0 Å². The highest BCUT2D eigenvalue weighted by molar-refractivity contribution is 5.97. The number of carbonyl (C=O) groups is 1. The summed E-state index contributed by atoms with van der Waals surface area (Å²) >= 11 is 0. The van der Waals surface area contributed by atoms with Crippen LogP contribution in [0.3, 0.4) is 0 Å². The molecule has 27 heavy (non-hydrogen) atoms. The Bertz CT molecular complexity index is 1070. The summed E-state index contributed by atoms with van der Waals surface area (Å²) in [6, 6.07) is 3.24. The average Bonchev–Trinajstić information content (AvgIpc) is 3.33. The fourth-order valence-electron chi connectivity index (χ4n) is 4.17. The standard InChI is InChI=1S/C19H20N6O2/c1-11-8-12(23-14-9-13(20)21-10-22-14)17(27)25-15(11)16(26)24-19(25)6-4-18(2-3-18)5-7-19/h4,6,8-10H,2-3,5,7H2,1H3,(H,24,26)(H3,20,21,22,23). The summed E-state index contributed by atoms with van der Waals surface area (Å²) in [5.74, 6) is 0.532. The fraction of sp³-hybridized carbons (Fsp3) is 0.368. The van der Waals surface area contributed by atoms with Crippen LogP contribution in [0.15, 0.2) is 35.4 Å². The first-order valence-electron chi connectivity index (χ1n) is 9.06. The maximum atomic E-state index is 13.3. The Kier molecular flexibility index (Phi) is 3.08. The van der Waals surface area contributed by atoms with Crippen LogP contribution in [0, 0.1) is 12.3 Å². The minimum atomic E-state index is -0.787. The highest BCUT2D eigenvalue weighted by Crippen LogP contribution is 2.55. The fourth-order valence-corrected chi connectivity index (χ4v) is 4.17. The van der Waals surface area contributed by atoms with Gasteiger partial charge in [0.25, 0.3) is 11.5 Å². The quantitative estimate of drug-likeness (QED) is 0.700. The van der Waals surface area contributed by atoms with Crippen molar-refractivity contribution in [2.24, 2.45) is 5.41 Å². The number of amides is 1. The van der Waals surface area contributed by atoms with Gasteiger partial charge in [-0.1, -0.05) is 6.08 Å². The maximum absolute atomic E-state index is 13.3. The van der Waals surface area contributed by atoms with E-state index in [0.717, 1.165) is 12.0 Å². The van der Waals surface area contributed by atoms with Gasteiger partial charge in [-0.15, -0.1) is 0 Å². The highest BCUT2D eigenvalue weighted by atomic mass is 16.2. The summed E-state index contributed by atoms with van der Waals surface area (Å²) in [4.78, 5) is 33.9. The number of pyridine rings is 1. The molecule has 5 rings (SSSR count). The number of fused-ring (bicyclic) bond motifs is 2. The molecule has 0 bridgehead atoms. The number of anilines is 3. The van der Waals surface area contributed by atoms with E-state index in [4.69, 9.17) is 5.73 Å². The zero-order valence-corrected chi connectivity index (χ0v) is 15.0. The molecule has 0 saturated heterocycles. The van der Waals surface area contributed by atoms with Gasteiger partial charge in [0.15, 0.2) is 0 Å². The van der Waals surface area contributed by atoms with Crippen molar-refractivity contribution in [2.45, 2.75) is 38.3 Å². The van der Waals surface area contributed by atoms with E-state index < -0.39 is 5.66 Å². The van der Waals surface area contributed by atoms with Gasteiger partial charge in [-0.05, 0) is 55.7 Å². The number of nitrogen functional groups attached to an aromatic ring is 1. The van der Waals surface area contributed by atoms with Crippen molar-refractivity contribution in [2.75, 3.05) is 11.1 Å². The van der Waals surface area contributed by atoms with Gasteiger partial charge in [-0.2, -0.15) is 0 Å². The van der Waals surface area contributed by atoms with Crippen LogP contribution in [-0.2, 0) is 5.66 Å². The normalized spacial score (nSPS) is 24.1. The van der Waals surface area contributed by atoms with Gasteiger partial charge >= 0.3 is 0 Å². The van der Waals surface area contributed by atoms with E-state index in [0.29, 0.717) is 29.4 Å². The Hall–Kier alpha value is -3.16. The molecule has 8 nitrogen and oxygen atoms in total. The van der Waals surface area contributed by atoms with Gasteiger partial charge in [-0.3, -0.25) is 14.2 Å². The molecule has 1 amide bonds. The van der Waals surface area contributed by atoms with Crippen LogP contribution in [0.2, 0.25) is 0 Å². The second-order valence-electron chi connectivity index (χ2n) is 7.76. The van der Waals surface area contributed by atoms with Gasteiger partial charge in [0.2, 0.25) is 0 Å². The molecule has 1 atom stereocenters. The highest BCUT2D eigenvalue weighted by Gasteiger charge is 2.50. The lowest BCUT2D eigenvalue weighted by molar-refractivity contribution is 0.0928. The van der Waals surface area contributed by atoms with Gasteiger partial charge < -0.3 is 16.4 Å². The number of hydrogen-bond donors (Lipinski definition) is 3. The van der Waals surface area contributed by atoms with Crippen molar-refractivity contribution >= 4 is 23.2 Å². The molecular formula is C19H20N6O2. The lowest BCUT2D eigenvalue weighted by atomic mass is 9.86. The summed E-state index contributed by atoms with van der Waals surface area (Å²) in [7, 11) is 0. The third-order valence-corrected chi connectivity index (χ3v) is 5.90. The van der Waals surface area contributed by atoms with Crippen LogP contribution < -0.4 is 21.9 Å². The van der Waals surface area contributed by atoms with Crippen LogP contribution in [0.5, 0.6) is 0 Å². The molecule has 2 aromatic heterocycles. The monoisotopic (exact) mass is 364 g/mol. The minimum Gasteiger partial charge on any atom is -0.384 e. The molecular weight excluding hydrogens is 344 g/mol. The zero-order chi connectivity index (χ0) is 18.8. The molecule has 1 unspecified atom stereocenters. The van der Waals surface area contributed by atoms with Crippen molar-refractivity contribution in [1.82, 2.24) is 19.9 Å². The SMILES string of the molecule is Cc1cc(Nc2cc(N)ncn2)c(=O)n2c1C(=O)NC21C=CC2(CC2)CC1. The Balaban J connectivity index is 1.63. The molecule has 3 heterocycles. The van der Waals surface area contributed by atoms with Crippen LogP contribution in [-0.4, -0.2) is 20.4 Å². The van der Waals surface area contributed by atoms with E-state index in [1.165, 1.54) is 19.2 Å². The molecule has 8 heteroatoms. The molecule has 2 spiro atoms. The molecule has 4 N–H and O–H groups in total. The zero-order valence-electron chi connectivity index (χ0n) is 15.0. The predicted octanol–water partition coefficient (Wildman–Crippen LogP) is 1.80. The number of hydrogen-bond acceptors (Lipinski definition) is 6. The van der Waals surface area contributed by atoms with Gasteiger partial charge in [0, 0.05) is 6.07 Å². The summed E-state index contributed by atoms with van der Waals surface area (Å²) in [6.45, 7) is 1.83. The second kappa shape index (κ2) is 5.18. The van der Waals surface area contributed by atoms with E-state index in [2.05, 4.69) is 26.7 Å². The first kappa shape index (κ1) is 16.0. The summed E-state index contributed by atoms with van der Waals surface area (Å²) in [5.41, 5.74) is 6.43. The average molecular weight is 364 g/mol. The first-order chi connectivity index (χ1) is 12.9. The van der Waals surface area contributed by atoms with E-state index in [1.54, 1.807) is 16.7 Å². The van der Waals surface area contributed by atoms with Crippen LogP contribution in [0.4, 0.5) is 17.3 Å². The Morgan fingerprint density at radius 3 is 2.59 bits per heavy atom. The maximum Gasteiger partial charge on any atom is 0.277 e. The van der Waals surface area contributed by atoms with Crippen molar-refractivity contribution in [1.29, 1.82) is 0 Å². The van der Waals surface area contributed by atoms with Crippen LogP contribution >= 0.6 is 0 Å². The van der Waals surface area contributed by atoms with Crippen LogP contribution in [0.25, 0.3) is 0 Å². The predicted molar refractivity (Wildman–Crippen MR) is 101 cm³/mol. The summed E-state index contributed by atoms with van der Waals surface area (Å²) in [6.07, 6.45) is 9.57. The van der Waals surface area contributed by atoms with Crippen molar-refractivity contribution in [3.63, 3.8) is 0 Å². The van der Waals surface area contributed by atoms with E-state index in [1.807, 2.05) is 13.0 Å². The second-order valence-corrected chi connectivity index (χ2v) is 7.76. The van der Waals surface area contributed by atoms with Gasteiger partial charge in [0.1, 0.15) is 35.0 Å². The lowest BCUT2D eigenvalue weighted by Gasteiger charge is -2.34. The Morgan fingerprint density at radius 1 is 1.15 bits per heavy atom. The number of aryl methyl sites for hydroxylation is 1. The van der Waals surface area contributed by atoms with E-state index in [-0.39, 0.29) is 16.9 Å². The molecule has 1 saturated carbocycles. The Morgan fingerprint density at radius 2 is 1.93 bits per heavy atom. The third-order valence-electron chi connectivity index (χ3n) is 5.90. The molecule has 0 aromatic carbocycles. The topological polar surface area (TPSA) is 115 Å². The van der Waals surface area contributed by atoms with Gasteiger partial charge in [-0.25, -0.2) is 9.97 Å². The third kappa shape index (κ3) is 2.36. The number of nitrogens with two attached hydrogens (primary N) is 1. The minimum absolute atomic E-state index is 0.209. The Labute approximate surface area is 155 Å². The molecule has 2 aromatic rings. The molecule has 3 aliphatic rings. The molecule has 2 aliphatic carbocycles. The largest absolute Gasteiger partial charge is 0.384 e. The van der Waals surface area contributed by atoms with E-state index >= 15 is 0 Å². The lowest BCUT2D eigenvalue weighted by Crippen LogP contribution is -2.47. The molecule has 138 valence electrons. The number of nitrogens with zero attached hydrogens (tertiary/aromatic N) is 3. The van der Waals surface area contributed by atoms with Crippen molar-refractivity contribution < 1.29 is 4.79 Å². The number of aromatic nitrogens is 3. The van der Waals surface area contributed by atoms with Crippen molar-refractivity contribution in [3.05, 3.63) is 52.2 Å². The van der Waals surface area contributed by atoms with Crippen LogP contribution in [0.1, 0.15) is 41.7 Å². The van der Waals surface area contributed by atoms with Crippen molar-refractivity contribution in [3.8, 4) is 0 Å². The smallest absolute Gasteiger partial charge is 0.277 e. The summed E-state index contributed by atoms with van der Waals surface area (Å²) in [5, 5.41) is 6.07. The summed E-state index contributed by atoms with van der Waals surface area (Å²) < 4.78 is 1.60. The number of carbonyl (C=O) groups excluding carboxylic acids is 1. The first-order valence-corrected chi connectivity index (χ1v) is 9.06. The molecule has 1 fully saturated rings. The number of allylic oxidation sites excluding steroid dienone is 1. The molecule has 1 aliphatic heterocycles.